The van der Waals surface area contributed by atoms with Gasteiger partial charge in [0, 0.05) is 0 Å². The van der Waals surface area contributed by atoms with Gasteiger partial charge >= 0.3 is 5.82 Å². The lowest BCUT2D eigenvalue weighted by Gasteiger charge is -1.95. The van der Waals surface area contributed by atoms with Crippen molar-refractivity contribution in [1.82, 2.24) is 0 Å². The number of rotatable bonds is 3. The minimum atomic E-state index is -0.690. The number of nitriles is 1. The van der Waals surface area contributed by atoms with E-state index in [1.165, 1.54) is 6.07 Å². The lowest BCUT2D eigenvalue weighted by atomic mass is 10.2. The molecule has 0 unspecified atom stereocenters. The normalized spacial score (nSPS) is 16.9. The number of azo groups is 1. The summed E-state index contributed by atoms with van der Waals surface area (Å²) < 4.78 is 3.75. The fraction of sp³-hybridized carbons (Fsp3) is 0. The molecule has 7 nitrogen and oxygen atoms in total. The van der Waals surface area contributed by atoms with Gasteiger partial charge in [0.25, 0.3) is 0 Å². The van der Waals surface area contributed by atoms with Crippen LogP contribution in [0.4, 0.5) is 5.69 Å². The van der Waals surface area contributed by atoms with E-state index < -0.39 is 10.7 Å². The van der Waals surface area contributed by atoms with Crippen LogP contribution in [0.1, 0.15) is 5.56 Å². The van der Waals surface area contributed by atoms with Gasteiger partial charge in [-0.2, -0.15) is 9.66 Å². The fourth-order valence-electron chi connectivity index (χ4n) is 1.22. The number of halogens is 1. The van der Waals surface area contributed by atoms with Crippen LogP contribution < -0.4 is 0 Å². The zero-order valence-electron chi connectivity index (χ0n) is 9.56. The van der Waals surface area contributed by atoms with Crippen LogP contribution in [0.2, 0.25) is 0 Å². The first kappa shape index (κ1) is 14.5. The quantitative estimate of drug-likeness (QED) is 0.274. The summed E-state index contributed by atoms with van der Waals surface area (Å²) in [5, 5.41) is 27.2. The SMILES string of the molecule is N#Cc1ccccc1N=N/C(=C1/SSN=C1Cl)[N+](=O)[O-]. The fourth-order valence-corrected chi connectivity index (χ4v) is 3.43. The van der Waals surface area contributed by atoms with E-state index in [1.54, 1.807) is 18.2 Å². The minimum absolute atomic E-state index is 0.0132. The maximum absolute atomic E-state index is 11.0. The summed E-state index contributed by atoms with van der Waals surface area (Å²) in [5.41, 5.74) is 0.524. The van der Waals surface area contributed by atoms with Gasteiger partial charge in [-0.25, -0.2) is 0 Å². The van der Waals surface area contributed by atoms with Gasteiger partial charge in [0.05, 0.1) is 21.7 Å². The predicted molar refractivity (Wildman–Crippen MR) is 78.2 cm³/mol. The van der Waals surface area contributed by atoms with Gasteiger partial charge in [-0.05, 0) is 33.0 Å². The molecule has 1 aromatic rings. The Labute approximate surface area is 126 Å². The van der Waals surface area contributed by atoms with Crippen LogP contribution in [0.5, 0.6) is 0 Å². The number of nitro groups is 1. The predicted octanol–water partition coefficient (Wildman–Crippen LogP) is 4.04. The lowest BCUT2D eigenvalue weighted by Crippen LogP contribution is -2.01. The minimum Gasteiger partial charge on any atom is -0.358 e. The molecule has 1 aromatic carbocycles. The maximum atomic E-state index is 11.0. The molecule has 0 atom stereocenters. The van der Waals surface area contributed by atoms with Gasteiger partial charge < -0.3 is 10.1 Å². The Balaban J connectivity index is 2.40. The zero-order valence-corrected chi connectivity index (χ0v) is 11.9. The lowest BCUT2D eigenvalue weighted by molar-refractivity contribution is -0.426. The molecule has 0 aromatic heterocycles. The molecule has 0 radical (unpaired) electrons. The number of hydrogen-bond donors (Lipinski definition) is 0. The topological polar surface area (TPSA) is 104 Å². The van der Waals surface area contributed by atoms with Crippen molar-refractivity contribution >= 4 is 44.2 Å². The van der Waals surface area contributed by atoms with E-state index in [2.05, 4.69) is 14.6 Å². The summed E-state index contributed by atoms with van der Waals surface area (Å²) in [7, 11) is 2.05. The molecule has 0 saturated carbocycles. The smallest absolute Gasteiger partial charge is 0.358 e. The Morgan fingerprint density at radius 2 is 2.25 bits per heavy atom. The van der Waals surface area contributed by atoms with E-state index in [0.29, 0.717) is 0 Å². The molecule has 100 valence electrons. The average Bonchev–Trinajstić information content (AvgIpc) is 2.85. The standard InChI is InChI=1S/C10H4ClN5O2S2/c11-9-8(19-20-15-9)10(16(17)18)14-13-7-4-2-1-3-6(7)5-12/h1-4H/b10-8-,14-13?. The number of hydrogen-bond acceptors (Lipinski definition) is 8. The monoisotopic (exact) mass is 325 g/mol. The van der Waals surface area contributed by atoms with Gasteiger partial charge in [-0.15, -0.1) is 0 Å². The highest BCUT2D eigenvalue weighted by Crippen LogP contribution is 2.42. The highest BCUT2D eigenvalue weighted by atomic mass is 35.5. The van der Waals surface area contributed by atoms with E-state index in [0.717, 1.165) is 21.8 Å². The Morgan fingerprint density at radius 3 is 2.85 bits per heavy atom. The number of allylic oxidation sites excluding steroid dienone is 1. The van der Waals surface area contributed by atoms with Crippen molar-refractivity contribution < 1.29 is 4.92 Å². The van der Waals surface area contributed by atoms with E-state index in [1.807, 2.05) is 6.07 Å². The van der Waals surface area contributed by atoms with E-state index in [4.69, 9.17) is 16.9 Å². The second-order valence-electron chi connectivity index (χ2n) is 3.28. The summed E-state index contributed by atoms with van der Waals surface area (Å²) in [4.78, 5) is 10.4. The van der Waals surface area contributed by atoms with Crippen LogP contribution >= 0.6 is 33.4 Å². The van der Waals surface area contributed by atoms with Crippen molar-refractivity contribution in [3.05, 3.63) is 50.7 Å². The zero-order chi connectivity index (χ0) is 14.5. The van der Waals surface area contributed by atoms with Crippen molar-refractivity contribution in [3.8, 4) is 6.07 Å². The average molecular weight is 326 g/mol. The Bertz CT molecular complexity index is 695. The summed E-state index contributed by atoms with van der Waals surface area (Å²) >= 11 is 5.75. The van der Waals surface area contributed by atoms with Crippen molar-refractivity contribution in [2.75, 3.05) is 0 Å². The van der Waals surface area contributed by atoms with Gasteiger partial charge in [-0.1, -0.05) is 23.7 Å². The summed E-state index contributed by atoms with van der Waals surface area (Å²) in [5.74, 6) is -0.499. The Hall–Kier alpha value is -1.89. The molecule has 20 heavy (non-hydrogen) atoms. The molecule has 0 saturated heterocycles. The summed E-state index contributed by atoms with van der Waals surface area (Å²) in [6.45, 7) is 0. The highest BCUT2D eigenvalue weighted by molar-refractivity contribution is 8.78. The van der Waals surface area contributed by atoms with E-state index in [9.17, 15) is 10.1 Å². The highest BCUT2D eigenvalue weighted by Gasteiger charge is 2.27. The van der Waals surface area contributed by atoms with Gasteiger partial charge in [0.2, 0.25) is 0 Å². The molecule has 10 heteroatoms. The largest absolute Gasteiger partial charge is 0.408 e. The summed E-state index contributed by atoms with van der Waals surface area (Å²) in [6.07, 6.45) is 0. The molecule has 1 aliphatic heterocycles. The molecule has 0 spiro atoms. The summed E-state index contributed by atoms with van der Waals surface area (Å²) in [6, 6.07) is 8.33. The first-order chi connectivity index (χ1) is 9.63. The molecule has 0 amide bonds. The second-order valence-corrected chi connectivity index (χ2v) is 5.49. The third kappa shape index (κ3) is 3.16. The van der Waals surface area contributed by atoms with E-state index in [-0.39, 0.29) is 21.3 Å². The van der Waals surface area contributed by atoms with Crippen LogP contribution in [0.15, 0.2) is 49.6 Å². The first-order valence-electron chi connectivity index (χ1n) is 5.00. The molecular weight excluding hydrogens is 322 g/mol. The maximum Gasteiger partial charge on any atom is 0.408 e. The van der Waals surface area contributed by atoms with Crippen molar-refractivity contribution in [3.63, 3.8) is 0 Å². The third-order valence-electron chi connectivity index (χ3n) is 2.08. The van der Waals surface area contributed by atoms with Crippen LogP contribution in [0, 0.1) is 21.4 Å². The van der Waals surface area contributed by atoms with Crippen LogP contribution in [0.25, 0.3) is 0 Å². The van der Waals surface area contributed by atoms with E-state index >= 15 is 0 Å². The molecule has 0 fully saturated rings. The molecular formula is C10H4ClN5O2S2. The molecule has 0 aliphatic carbocycles. The Kier molecular flexibility index (Phi) is 4.73. The first-order valence-corrected chi connectivity index (χ1v) is 7.49. The molecule has 2 rings (SSSR count). The van der Waals surface area contributed by atoms with Gasteiger partial charge in [-0.3, -0.25) is 0 Å². The molecule has 0 N–H and O–H groups in total. The van der Waals surface area contributed by atoms with Crippen LogP contribution in [0.3, 0.4) is 0 Å². The van der Waals surface area contributed by atoms with Crippen molar-refractivity contribution in [1.29, 1.82) is 5.26 Å². The van der Waals surface area contributed by atoms with Gasteiger partial charge in [0.1, 0.15) is 11.8 Å². The van der Waals surface area contributed by atoms with Crippen molar-refractivity contribution in [2.24, 2.45) is 14.6 Å². The van der Waals surface area contributed by atoms with Crippen LogP contribution in [-0.2, 0) is 0 Å². The van der Waals surface area contributed by atoms with Crippen molar-refractivity contribution in [2.45, 2.75) is 0 Å². The van der Waals surface area contributed by atoms with Gasteiger partial charge in [0.15, 0.2) is 10.1 Å². The Morgan fingerprint density at radius 1 is 1.50 bits per heavy atom. The number of nitrogens with zero attached hydrogens (tertiary/aromatic N) is 5. The molecule has 1 aliphatic rings. The molecule has 0 bridgehead atoms. The third-order valence-corrected chi connectivity index (χ3v) is 4.39. The number of benzene rings is 1. The van der Waals surface area contributed by atoms with Crippen LogP contribution in [-0.4, -0.2) is 10.1 Å². The molecule has 1 heterocycles. The second kappa shape index (κ2) is 6.51.